The highest BCUT2D eigenvalue weighted by molar-refractivity contribution is 5.39. The second kappa shape index (κ2) is 6.97. The fourth-order valence-electron chi connectivity index (χ4n) is 1.64. The van der Waals surface area contributed by atoms with Crippen molar-refractivity contribution in [2.24, 2.45) is 0 Å². The molecule has 0 bridgehead atoms. The summed E-state index contributed by atoms with van der Waals surface area (Å²) in [6.07, 6.45) is 3.92. The minimum absolute atomic E-state index is 0.487. The third kappa shape index (κ3) is 4.11. The van der Waals surface area contributed by atoms with Gasteiger partial charge in [0, 0.05) is 6.07 Å². The van der Waals surface area contributed by atoms with Crippen LogP contribution in [0, 0.1) is 0 Å². The molecule has 0 radical (unpaired) electrons. The molecule has 0 aliphatic rings. The maximum Gasteiger partial charge on any atom is 0.122 e. The fourth-order valence-corrected chi connectivity index (χ4v) is 1.64. The van der Waals surface area contributed by atoms with Crippen LogP contribution in [-0.4, -0.2) is 19.3 Å². The molecule has 0 amide bonds. The van der Waals surface area contributed by atoms with Gasteiger partial charge in [-0.05, 0) is 37.0 Å². The highest BCUT2D eigenvalue weighted by atomic mass is 16.5. The highest BCUT2D eigenvalue weighted by Crippen LogP contribution is 2.28. The third-order valence-corrected chi connectivity index (χ3v) is 2.64. The molecular weight excluding hydrogens is 216 g/mol. The predicted molar refractivity (Wildman–Crippen MR) is 68.6 cm³/mol. The van der Waals surface area contributed by atoms with E-state index in [-0.39, 0.29) is 0 Å². The van der Waals surface area contributed by atoms with Gasteiger partial charge in [-0.25, -0.2) is 0 Å². The van der Waals surface area contributed by atoms with E-state index in [1.54, 1.807) is 20.3 Å². The van der Waals surface area contributed by atoms with E-state index < -0.39 is 6.10 Å². The molecule has 1 unspecified atom stereocenters. The Bertz CT molecular complexity index is 338. The standard InChI is InChI=1S/C14H20O3/c1-4-5-6-7-14(15)11-8-12(16-2)10-13(9-11)17-3/h4,8-10,14-15H,1,5-7H2,2-3H3. The minimum Gasteiger partial charge on any atom is -0.497 e. The SMILES string of the molecule is C=CCCCC(O)c1cc(OC)cc(OC)c1. The molecule has 0 spiro atoms. The van der Waals surface area contributed by atoms with Gasteiger partial charge in [0.25, 0.3) is 0 Å². The number of aliphatic hydroxyl groups excluding tert-OH is 1. The molecule has 3 nitrogen and oxygen atoms in total. The number of allylic oxidation sites excluding steroid dienone is 1. The summed E-state index contributed by atoms with van der Waals surface area (Å²) in [7, 11) is 3.20. The summed E-state index contributed by atoms with van der Waals surface area (Å²) in [5.41, 5.74) is 0.824. The molecule has 1 N–H and O–H groups in total. The van der Waals surface area contributed by atoms with Crippen LogP contribution in [0.5, 0.6) is 11.5 Å². The summed E-state index contributed by atoms with van der Waals surface area (Å²) in [6.45, 7) is 3.66. The van der Waals surface area contributed by atoms with Crippen molar-refractivity contribution < 1.29 is 14.6 Å². The molecule has 1 aromatic rings. The summed E-state index contributed by atoms with van der Waals surface area (Å²) in [6, 6.07) is 5.46. The van der Waals surface area contributed by atoms with Crippen LogP contribution >= 0.6 is 0 Å². The minimum atomic E-state index is -0.487. The van der Waals surface area contributed by atoms with E-state index >= 15 is 0 Å². The Hall–Kier alpha value is -1.48. The molecule has 0 aliphatic heterocycles. The average molecular weight is 236 g/mol. The number of methoxy groups -OCH3 is 2. The molecule has 1 aromatic carbocycles. The molecule has 0 heterocycles. The summed E-state index contributed by atoms with van der Waals surface area (Å²) >= 11 is 0. The zero-order chi connectivity index (χ0) is 12.7. The molecule has 1 atom stereocenters. The van der Waals surface area contributed by atoms with Crippen molar-refractivity contribution in [3.05, 3.63) is 36.4 Å². The van der Waals surface area contributed by atoms with Gasteiger partial charge >= 0.3 is 0 Å². The number of hydrogen-bond acceptors (Lipinski definition) is 3. The van der Waals surface area contributed by atoms with Crippen molar-refractivity contribution in [2.75, 3.05) is 14.2 Å². The normalized spacial score (nSPS) is 11.9. The lowest BCUT2D eigenvalue weighted by Gasteiger charge is -2.13. The molecule has 0 saturated carbocycles. The Morgan fingerprint density at radius 1 is 1.24 bits per heavy atom. The van der Waals surface area contributed by atoms with Crippen LogP contribution in [0.25, 0.3) is 0 Å². The molecule has 0 fully saturated rings. The molecule has 17 heavy (non-hydrogen) atoms. The van der Waals surface area contributed by atoms with Crippen LogP contribution in [-0.2, 0) is 0 Å². The van der Waals surface area contributed by atoms with E-state index in [0.717, 1.165) is 18.4 Å². The van der Waals surface area contributed by atoms with Gasteiger partial charge in [0.05, 0.1) is 20.3 Å². The Morgan fingerprint density at radius 3 is 2.29 bits per heavy atom. The highest BCUT2D eigenvalue weighted by Gasteiger charge is 2.10. The summed E-state index contributed by atoms with van der Waals surface area (Å²) in [4.78, 5) is 0. The summed E-state index contributed by atoms with van der Waals surface area (Å²) in [5, 5.41) is 10.0. The molecule has 3 heteroatoms. The Kier molecular flexibility index (Phi) is 5.57. The number of benzene rings is 1. The van der Waals surface area contributed by atoms with Crippen LogP contribution in [0.15, 0.2) is 30.9 Å². The van der Waals surface area contributed by atoms with Gasteiger partial charge < -0.3 is 14.6 Å². The number of hydrogen-bond donors (Lipinski definition) is 1. The van der Waals surface area contributed by atoms with Crippen LogP contribution in [0.4, 0.5) is 0 Å². The Balaban J connectivity index is 2.76. The number of aliphatic hydroxyl groups is 1. The van der Waals surface area contributed by atoms with Crippen LogP contribution < -0.4 is 9.47 Å². The molecule has 1 rings (SSSR count). The second-order valence-electron chi connectivity index (χ2n) is 3.88. The first-order valence-corrected chi connectivity index (χ1v) is 5.73. The number of rotatable bonds is 7. The Labute approximate surface area is 103 Å². The quantitative estimate of drug-likeness (QED) is 0.584. The van der Waals surface area contributed by atoms with Gasteiger partial charge in [0.2, 0.25) is 0 Å². The molecular formula is C14H20O3. The first-order chi connectivity index (χ1) is 8.21. The van der Waals surface area contributed by atoms with Crippen molar-refractivity contribution in [2.45, 2.75) is 25.4 Å². The largest absolute Gasteiger partial charge is 0.497 e. The first-order valence-electron chi connectivity index (χ1n) is 5.73. The van der Waals surface area contributed by atoms with Crippen molar-refractivity contribution >= 4 is 0 Å². The zero-order valence-corrected chi connectivity index (χ0v) is 10.5. The van der Waals surface area contributed by atoms with Gasteiger partial charge in [0.1, 0.15) is 11.5 Å². The van der Waals surface area contributed by atoms with Crippen LogP contribution in [0.2, 0.25) is 0 Å². The van der Waals surface area contributed by atoms with E-state index in [1.807, 2.05) is 18.2 Å². The molecule has 94 valence electrons. The lowest BCUT2D eigenvalue weighted by Crippen LogP contribution is -1.99. The molecule has 0 aromatic heterocycles. The first kappa shape index (κ1) is 13.6. The maximum atomic E-state index is 10.0. The van der Waals surface area contributed by atoms with Crippen LogP contribution in [0.3, 0.4) is 0 Å². The van der Waals surface area contributed by atoms with Gasteiger partial charge in [-0.3, -0.25) is 0 Å². The van der Waals surface area contributed by atoms with E-state index in [4.69, 9.17) is 9.47 Å². The summed E-state index contributed by atoms with van der Waals surface area (Å²) in [5.74, 6) is 1.39. The van der Waals surface area contributed by atoms with Crippen molar-refractivity contribution in [3.63, 3.8) is 0 Å². The average Bonchev–Trinajstić information content (AvgIpc) is 2.38. The van der Waals surface area contributed by atoms with Crippen molar-refractivity contribution in [3.8, 4) is 11.5 Å². The van der Waals surface area contributed by atoms with E-state index in [2.05, 4.69) is 6.58 Å². The maximum absolute atomic E-state index is 10.0. The van der Waals surface area contributed by atoms with Crippen LogP contribution in [0.1, 0.15) is 30.9 Å². The third-order valence-electron chi connectivity index (χ3n) is 2.64. The van der Waals surface area contributed by atoms with E-state index in [0.29, 0.717) is 17.9 Å². The smallest absolute Gasteiger partial charge is 0.122 e. The second-order valence-corrected chi connectivity index (χ2v) is 3.88. The van der Waals surface area contributed by atoms with Gasteiger partial charge in [-0.15, -0.1) is 6.58 Å². The number of ether oxygens (including phenoxy) is 2. The van der Waals surface area contributed by atoms with E-state index in [9.17, 15) is 5.11 Å². The van der Waals surface area contributed by atoms with Gasteiger partial charge in [0.15, 0.2) is 0 Å². The van der Waals surface area contributed by atoms with Gasteiger partial charge in [-0.2, -0.15) is 0 Å². The lowest BCUT2D eigenvalue weighted by atomic mass is 10.0. The molecule has 0 aliphatic carbocycles. The van der Waals surface area contributed by atoms with Crippen molar-refractivity contribution in [1.29, 1.82) is 0 Å². The fraction of sp³-hybridized carbons (Fsp3) is 0.429. The van der Waals surface area contributed by atoms with Crippen molar-refractivity contribution in [1.82, 2.24) is 0 Å². The lowest BCUT2D eigenvalue weighted by molar-refractivity contribution is 0.164. The topological polar surface area (TPSA) is 38.7 Å². The van der Waals surface area contributed by atoms with E-state index in [1.165, 1.54) is 0 Å². The molecule has 0 saturated heterocycles. The number of unbranched alkanes of at least 4 members (excludes halogenated alkanes) is 1. The monoisotopic (exact) mass is 236 g/mol. The van der Waals surface area contributed by atoms with Gasteiger partial charge in [-0.1, -0.05) is 6.08 Å². The zero-order valence-electron chi connectivity index (χ0n) is 10.5. The Morgan fingerprint density at radius 2 is 1.82 bits per heavy atom. The predicted octanol–water partition coefficient (Wildman–Crippen LogP) is 3.09. The summed E-state index contributed by atoms with van der Waals surface area (Å²) < 4.78 is 10.3.